The molecule has 0 bridgehead atoms. The molecule has 1 atom stereocenters. The molecule has 1 aliphatic heterocycles. The van der Waals surface area contributed by atoms with Gasteiger partial charge in [0.25, 0.3) is 0 Å². The van der Waals surface area contributed by atoms with Gasteiger partial charge in [-0.15, -0.1) is 0 Å². The standard InChI is InChI=1S/C31H34ClFN8O3/c1-18-7-9-20(10-8-18)16-41(19(2)40-11-12-43-17-25(40)23-5-3-4-6-24(23)33)27-26(21-13-22(32)15-35-14-21)36-29(37-28(27)34)30-38-31(42)44-39-30/h3-6,13-15,18,20,25H,2,7-12,16-17H2,1H3,(H2,34,36,37)(H,38,39,42)/t18-,20-,25-/m0/s1. The number of benzene rings is 1. The molecular formula is C31H34ClFN8O3. The van der Waals surface area contributed by atoms with E-state index in [0.29, 0.717) is 71.5 Å². The monoisotopic (exact) mass is 620 g/mol. The number of rotatable bonds is 8. The largest absolute Gasteiger partial charge is 0.439 e. The summed E-state index contributed by atoms with van der Waals surface area (Å²) in [4.78, 5) is 32.0. The zero-order valence-electron chi connectivity index (χ0n) is 24.4. The highest BCUT2D eigenvalue weighted by Crippen LogP contribution is 2.41. The molecule has 2 aliphatic rings. The number of nitrogens with two attached hydrogens (primary N) is 1. The Hall–Kier alpha value is -4.29. The SMILES string of the molecule is C=C(N(C[C@H]1CC[C@H](C)CC1)c1c(N)nc(-c2noc(=O)[nH]2)nc1-c1cncc(Cl)c1)N1CCOC[C@H]1c1ccccc1F. The van der Waals surface area contributed by atoms with Crippen LogP contribution < -0.4 is 16.4 Å². The first-order chi connectivity index (χ1) is 21.3. The number of nitrogens with zero attached hydrogens (tertiary/aromatic N) is 6. The predicted octanol–water partition coefficient (Wildman–Crippen LogP) is 5.43. The molecule has 1 saturated heterocycles. The quantitative estimate of drug-likeness (QED) is 0.262. The molecule has 13 heteroatoms. The Morgan fingerprint density at radius 1 is 1.23 bits per heavy atom. The summed E-state index contributed by atoms with van der Waals surface area (Å²) in [5.74, 6) is 0.802. The molecule has 1 aromatic carbocycles. The summed E-state index contributed by atoms with van der Waals surface area (Å²) >= 11 is 6.38. The Kier molecular flexibility index (Phi) is 8.62. The van der Waals surface area contributed by atoms with E-state index < -0.39 is 11.8 Å². The summed E-state index contributed by atoms with van der Waals surface area (Å²) in [5.41, 5.74) is 8.80. The highest BCUT2D eigenvalue weighted by atomic mass is 35.5. The number of aromatic nitrogens is 5. The minimum atomic E-state index is -0.745. The topological polar surface area (TPSA) is 139 Å². The predicted molar refractivity (Wildman–Crippen MR) is 165 cm³/mol. The smallest absolute Gasteiger partial charge is 0.382 e. The molecule has 4 heterocycles. The molecule has 0 amide bonds. The number of pyridine rings is 1. The fourth-order valence-electron chi connectivity index (χ4n) is 6.08. The second-order valence-electron chi connectivity index (χ2n) is 11.4. The molecule has 0 unspecified atom stereocenters. The van der Waals surface area contributed by atoms with Crippen molar-refractivity contribution in [1.29, 1.82) is 0 Å². The average molecular weight is 621 g/mol. The number of H-pyrrole nitrogens is 1. The van der Waals surface area contributed by atoms with Gasteiger partial charge >= 0.3 is 5.76 Å². The van der Waals surface area contributed by atoms with Gasteiger partial charge in [0.05, 0.1) is 24.3 Å². The number of morpholine rings is 1. The molecule has 6 rings (SSSR count). The molecule has 2 fully saturated rings. The Balaban J connectivity index is 1.49. The molecule has 0 spiro atoms. The first-order valence-electron chi connectivity index (χ1n) is 14.7. The van der Waals surface area contributed by atoms with E-state index in [0.717, 1.165) is 25.7 Å². The lowest BCUT2D eigenvalue weighted by Gasteiger charge is -2.44. The summed E-state index contributed by atoms with van der Waals surface area (Å²) in [6.45, 7) is 8.67. The van der Waals surface area contributed by atoms with E-state index in [9.17, 15) is 4.79 Å². The van der Waals surface area contributed by atoms with Crippen LogP contribution in [0.5, 0.6) is 0 Å². The third kappa shape index (κ3) is 6.18. The van der Waals surface area contributed by atoms with Gasteiger partial charge in [0.15, 0.2) is 5.82 Å². The van der Waals surface area contributed by atoms with E-state index in [-0.39, 0.29) is 23.3 Å². The summed E-state index contributed by atoms with van der Waals surface area (Å²) in [6, 6.07) is 8.03. The second-order valence-corrected chi connectivity index (χ2v) is 11.9. The van der Waals surface area contributed by atoms with Crippen molar-refractivity contribution in [1.82, 2.24) is 30.0 Å². The lowest BCUT2D eigenvalue weighted by atomic mass is 9.82. The Labute approximate surface area is 258 Å². The van der Waals surface area contributed by atoms with E-state index in [1.165, 1.54) is 12.3 Å². The lowest BCUT2D eigenvalue weighted by Crippen LogP contribution is -2.46. The van der Waals surface area contributed by atoms with Crippen LogP contribution in [-0.2, 0) is 4.74 Å². The molecule has 230 valence electrons. The van der Waals surface area contributed by atoms with Crippen molar-refractivity contribution in [2.45, 2.75) is 38.6 Å². The zero-order chi connectivity index (χ0) is 30.8. The summed E-state index contributed by atoms with van der Waals surface area (Å²) in [5, 5.41) is 4.17. The zero-order valence-corrected chi connectivity index (χ0v) is 25.1. The van der Waals surface area contributed by atoms with Crippen molar-refractivity contribution in [3.63, 3.8) is 0 Å². The average Bonchev–Trinajstić information content (AvgIpc) is 3.47. The maximum atomic E-state index is 15.1. The number of halogens is 2. The van der Waals surface area contributed by atoms with Gasteiger partial charge in [0.2, 0.25) is 11.6 Å². The van der Waals surface area contributed by atoms with Gasteiger partial charge in [0, 0.05) is 36.6 Å². The van der Waals surface area contributed by atoms with Crippen molar-refractivity contribution in [2.75, 3.05) is 36.9 Å². The van der Waals surface area contributed by atoms with E-state index in [2.05, 4.69) is 38.5 Å². The van der Waals surface area contributed by atoms with E-state index >= 15 is 4.39 Å². The molecule has 11 nitrogen and oxygen atoms in total. The third-order valence-corrected chi connectivity index (χ3v) is 8.63. The van der Waals surface area contributed by atoms with Gasteiger partial charge in [-0.3, -0.25) is 14.5 Å². The summed E-state index contributed by atoms with van der Waals surface area (Å²) < 4.78 is 25.6. The molecular weight excluding hydrogens is 587 g/mol. The number of nitrogens with one attached hydrogen (secondary N) is 1. The van der Waals surface area contributed by atoms with Crippen LogP contribution in [-0.4, -0.2) is 56.3 Å². The molecule has 4 aromatic rings. The van der Waals surface area contributed by atoms with Gasteiger partial charge in [0.1, 0.15) is 23.0 Å². The Bertz CT molecular complexity index is 1700. The van der Waals surface area contributed by atoms with Gasteiger partial charge in [-0.1, -0.05) is 61.3 Å². The van der Waals surface area contributed by atoms with Gasteiger partial charge < -0.3 is 20.3 Å². The molecule has 44 heavy (non-hydrogen) atoms. The van der Waals surface area contributed by atoms with Crippen LogP contribution in [0, 0.1) is 17.7 Å². The molecule has 1 aliphatic carbocycles. The van der Waals surface area contributed by atoms with Crippen LogP contribution >= 0.6 is 11.6 Å². The highest BCUT2D eigenvalue weighted by Gasteiger charge is 2.34. The van der Waals surface area contributed by atoms with E-state index in [4.69, 9.17) is 31.6 Å². The molecule has 3 aromatic heterocycles. The van der Waals surface area contributed by atoms with Crippen LogP contribution in [0.4, 0.5) is 15.9 Å². The first-order valence-corrected chi connectivity index (χ1v) is 15.1. The maximum absolute atomic E-state index is 15.1. The van der Waals surface area contributed by atoms with Crippen molar-refractivity contribution >= 4 is 23.1 Å². The second kappa shape index (κ2) is 12.7. The summed E-state index contributed by atoms with van der Waals surface area (Å²) in [7, 11) is 0. The van der Waals surface area contributed by atoms with Crippen molar-refractivity contribution in [3.05, 3.63) is 82.1 Å². The Morgan fingerprint density at radius 2 is 2.02 bits per heavy atom. The number of nitrogen functional groups attached to an aromatic ring is 1. The summed E-state index contributed by atoms with van der Waals surface area (Å²) in [6.07, 6.45) is 7.48. The van der Waals surface area contributed by atoms with Crippen LogP contribution in [0.15, 0.2) is 64.4 Å². The van der Waals surface area contributed by atoms with Crippen LogP contribution in [0.25, 0.3) is 22.9 Å². The van der Waals surface area contributed by atoms with E-state index in [1.807, 2.05) is 11.0 Å². The Morgan fingerprint density at radius 3 is 2.75 bits per heavy atom. The van der Waals surface area contributed by atoms with Crippen molar-refractivity contribution < 1.29 is 13.7 Å². The molecule has 3 N–H and O–H groups in total. The van der Waals surface area contributed by atoms with Gasteiger partial charge in [-0.25, -0.2) is 19.2 Å². The first kappa shape index (κ1) is 29.8. The van der Waals surface area contributed by atoms with Crippen LogP contribution in [0.3, 0.4) is 0 Å². The minimum absolute atomic E-state index is 0.0314. The fourth-order valence-corrected chi connectivity index (χ4v) is 6.25. The van der Waals surface area contributed by atoms with Gasteiger partial charge in [-0.2, -0.15) is 0 Å². The normalized spacial score (nSPS) is 20.4. The number of hydrogen-bond acceptors (Lipinski definition) is 10. The highest BCUT2D eigenvalue weighted by molar-refractivity contribution is 6.30. The lowest BCUT2D eigenvalue weighted by molar-refractivity contribution is 0.00648. The third-order valence-electron chi connectivity index (χ3n) is 8.42. The maximum Gasteiger partial charge on any atom is 0.439 e. The molecule has 1 saturated carbocycles. The van der Waals surface area contributed by atoms with E-state index in [1.54, 1.807) is 24.4 Å². The minimum Gasteiger partial charge on any atom is -0.382 e. The van der Waals surface area contributed by atoms with Gasteiger partial charge in [-0.05, 0) is 36.8 Å². The van der Waals surface area contributed by atoms with Crippen molar-refractivity contribution in [2.24, 2.45) is 11.8 Å². The number of ether oxygens (including phenoxy) is 1. The molecule has 0 radical (unpaired) electrons. The number of hydrogen-bond donors (Lipinski definition) is 2. The van der Waals surface area contributed by atoms with Crippen LogP contribution in [0.1, 0.15) is 44.2 Å². The van der Waals surface area contributed by atoms with Crippen molar-refractivity contribution in [3.8, 4) is 22.9 Å². The fraction of sp³-hybridized carbons (Fsp3) is 0.387. The number of anilines is 2. The number of aromatic amines is 1. The van der Waals surface area contributed by atoms with Crippen LogP contribution in [0.2, 0.25) is 5.02 Å².